The van der Waals surface area contributed by atoms with Crippen LogP contribution in [-0.2, 0) is 9.84 Å². The maximum Gasteiger partial charge on any atom is 0.150 e. The van der Waals surface area contributed by atoms with Crippen molar-refractivity contribution < 1.29 is 8.42 Å². The number of rotatable bonds is 3. The summed E-state index contributed by atoms with van der Waals surface area (Å²) in [5.74, 6) is 1.28. The lowest BCUT2D eigenvalue weighted by atomic mass is 9.87. The lowest BCUT2D eigenvalue weighted by molar-refractivity contribution is 0.505. The fourth-order valence-electron chi connectivity index (χ4n) is 2.53. The summed E-state index contributed by atoms with van der Waals surface area (Å²) in [5, 5.41) is 0.830. The molecular weight excluding hydrogens is 300 g/mol. The molecule has 2 rings (SSSR count). The highest BCUT2D eigenvalue weighted by atomic mass is 79.9. The largest absolute Gasteiger partial charge is 0.229 e. The standard InChI is InChI=1S/C13H17BrO2S/c1-10-3-2-4-11(7-10)13(8-14)12-5-6-17(15,16)9-12/h2-4,7,12-13H,5-6,8-9H2,1H3. The van der Waals surface area contributed by atoms with E-state index in [-0.39, 0.29) is 5.92 Å². The van der Waals surface area contributed by atoms with Crippen LogP contribution in [0.2, 0.25) is 0 Å². The average Bonchev–Trinajstić information content (AvgIpc) is 2.60. The first-order valence-corrected chi connectivity index (χ1v) is 8.79. The number of benzene rings is 1. The van der Waals surface area contributed by atoms with Crippen LogP contribution in [0.3, 0.4) is 0 Å². The van der Waals surface area contributed by atoms with E-state index in [1.54, 1.807) is 0 Å². The molecule has 0 amide bonds. The minimum atomic E-state index is -2.79. The van der Waals surface area contributed by atoms with Gasteiger partial charge in [0.15, 0.2) is 9.84 Å². The maximum absolute atomic E-state index is 11.5. The molecule has 1 aromatic rings. The van der Waals surface area contributed by atoms with Gasteiger partial charge in [0.05, 0.1) is 11.5 Å². The van der Waals surface area contributed by atoms with Gasteiger partial charge in [-0.15, -0.1) is 0 Å². The molecule has 1 fully saturated rings. The van der Waals surface area contributed by atoms with E-state index in [2.05, 4.69) is 41.1 Å². The van der Waals surface area contributed by atoms with Crippen LogP contribution in [0.4, 0.5) is 0 Å². The van der Waals surface area contributed by atoms with Crippen molar-refractivity contribution in [2.45, 2.75) is 19.3 Å². The lowest BCUT2D eigenvalue weighted by Gasteiger charge is -2.21. The van der Waals surface area contributed by atoms with E-state index in [0.29, 0.717) is 17.4 Å². The van der Waals surface area contributed by atoms with Gasteiger partial charge in [0, 0.05) is 5.33 Å². The third-order valence-electron chi connectivity index (χ3n) is 3.47. The second-order valence-corrected chi connectivity index (χ2v) is 7.71. The summed E-state index contributed by atoms with van der Waals surface area (Å²) >= 11 is 3.53. The zero-order valence-electron chi connectivity index (χ0n) is 9.90. The Balaban J connectivity index is 2.23. The Labute approximate surface area is 111 Å². The number of sulfone groups is 1. The summed E-state index contributed by atoms with van der Waals surface area (Å²) in [5.41, 5.74) is 2.48. The number of hydrogen-bond acceptors (Lipinski definition) is 2. The van der Waals surface area contributed by atoms with Gasteiger partial charge in [-0.3, -0.25) is 0 Å². The molecule has 0 N–H and O–H groups in total. The third-order valence-corrected chi connectivity index (χ3v) is 5.96. The molecule has 0 radical (unpaired) electrons. The number of alkyl halides is 1. The molecular formula is C13H17BrO2S. The summed E-state index contributed by atoms with van der Waals surface area (Å²) in [6.45, 7) is 2.07. The van der Waals surface area contributed by atoms with Crippen LogP contribution < -0.4 is 0 Å². The van der Waals surface area contributed by atoms with Gasteiger partial charge < -0.3 is 0 Å². The van der Waals surface area contributed by atoms with Crippen LogP contribution >= 0.6 is 15.9 Å². The first-order chi connectivity index (χ1) is 8.02. The molecule has 2 atom stereocenters. The number of halogens is 1. The van der Waals surface area contributed by atoms with Crippen molar-refractivity contribution in [3.8, 4) is 0 Å². The fourth-order valence-corrected chi connectivity index (χ4v) is 5.31. The quantitative estimate of drug-likeness (QED) is 0.803. The molecule has 1 heterocycles. The highest BCUT2D eigenvalue weighted by Crippen LogP contribution is 2.34. The smallest absolute Gasteiger partial charge is 0.150 e. The number of hydrogen-bond donors (Lipinski definition) is 0. The predicted molar refractivity (Wildman–Crippen MR) is 74.5 cm³/mol. The minimum absolute atomic E-state index is 0.265. The first-order valence-electron chi connectivity index (χ1n) is 5.85. The van der Waals surface area contributed by atoms with Crippen molar-refractivity contribution in [3.63, 3.8) is 0 Å². The van der Waals surface area contributed by atoms with Crippen molar-refractivity contribution in [3.05, 3.63) is 35.4 Å². The molecule has 1 saturated heterocycles. The van der Waals surface area contributed by atoms with Gasteiger partial charge in [-0.1, -0.05) is 45.8 Å². The molecule has 0 spiro atoms. The normalized spacial score (nSPS) is 24.7. The third kappa shape index (κ3) is 3.10. The Bertz CT molecular complexity index is 496. The lowest BCUT2D eigenvalue weighted by Crippen LogP contribution is -2.16. The van der Waals surface area contributed by atoms with E-state index >= 15 is 0 Å². The minimum Gasteiger partial charge on any atom is -0.229 e. The molecule has 2 nitrogen and oxygen atoms in total. The fraction of sp³-hybridized carbons (Fsp3) is 0.538. The topological polar surface area (TPSA) is 34.1 Å². The van der Waals surface area contributed by atoms with Crippen LogP contribution in [0.15, 0.2) is 24.3 Å². The summed E-state index contributed by atoms with van der Waals surface area (Å²) in [7, 11) is -2.79. The molecule has 0 aromatic heterocycles. The van der Waals surface area contributed by atoms with Crippen molar-refractivity contribution >= 4 is 25.8 Å². The molecule has 0 aliphatic carbocycles. The van der Waals surface area contributed by atoms with Crippen molar-refractivity contribution in [1.82, 2.24) is 0 Å². The van der Waals surface area contributed by atoms with Gasteiger partial charge in [0.2, 0.25) is 0 Å². The van der Waals surface area contributed by atoms with Crippen LogP contribution in [0.5, 0.6) is 0 Å². The zero-order valence-corrected chi connectivity index (χ0v) is 12.3. The predicted octanol–water partition coefficient (Wildman–Crippen LogP) is 2.91. The van der Waals surface area contributed by atoms with Crippen LogP contribution in [0.25, 0.3) is 0 Å². The highest BCUT2D eigenvalue weighted by Gasteiger charge is 2.33. The number of aryl methyl sites for hydroxylation is 1. The van der Waals surface area contributed by atoms with Gasteiger partial charge in [0.1, 0.15) is 0 Å². The van der Waals surface area contributed by atoms with Gasteiger partial charge >= 0.3 is 0 Å². The molecule has 1 aliphatic heterocycles. The van der Waals surface area contributed by atoms with Crippen LogP contribution in [-0.4, -0.2) is 25.3 Å². The zero-order chi connectivity index (χ0) is 12.5. The summed E-state index contributed by atoms with van der Waals surface area (Å²) < 4.78 is 23.1. The molecule has 1 aliphatic rings. The van der Waals surface area contributed by atoms with Gasteiger partial charge in [0.25, 0.3) is 0 Å². The maximum atomic E-state index is 11.5. The van der Waals surface area contributed by atoms with Crippen LogP contribution in [0, 0.1) is 12.8 Å². The monoisotopic (exact) mass is 316 g/mol. The Morgan fingerprint density at radius 1 is 1.47 bits per heavy atom. The molecule has 0 bridgehead atoms. The van der Waals surface area contributed by atoms with E-state index in [1.807, 2.05) is 6.07 Å². The van der Waals surface area contributed by atoms with Crippen molar-refractivity contribution in [2.24, 2.45) is 5.92 Å². The SMILES string of the molecule is Cc1cccc(C(CBr)C2CCS(=O)(=O)C2)c1. The Morgan fingerprint density at radius 3 is 2.76 bits per heavy atom. The first kappa shape index (κ1) is 13.1. The molecule has 17 heavy (non-hydrogen) atoms. The van der Waals surface area contributed by atoms with Crippen molar-refractivity contribution in [1.29, 1.82) is 0 Å². The summed E-state index contributed by atoms with van der Waals surface area (Å²) in [6.07, 6.45) is 0.798. The van der Waals surface area contributed by atoms with Crippen LogP contribution in [0.1, 0.15) is 23.5 Å². The molecule has 2 unspecified atom stereocenters. The summed E-state index contributed by atoms with van der Waals surface area (Å²) in [6, 6.07) is 8.38. The van der Waals surface area contributed by atoms with Crippen molar-refractivity contribution in [2.75, 3.05) is 16.8 Å². The second-order valence-electron chi connectivity index (χ2n) is 4.84. The molecule has 4 heteroatoms. The van der Waals surface area contributed by atoms with E-state index in [1.165, 1.54) is 11.1 Å². The van der Waals surface area contributed by atoms with Gasteiger partial charge in [-0.2, -0.15) is 0 Å². The van der Waals surface area contributed by atoms with E-state index in [4.69, 9.17) is 0 Å². The summed E-state index contributed by atoms with van der Waals surface area (Å²) in [4.78, 5) is 0. The molecule has 1 aromatic carbocycles. The molecule has 0 saturated carbocycles. The Hall–Kier alpha value is -0.350. The highest BCUT2D eigenvalue weighted by molar-refractivity contribution is 9.09. The second kappa shape index (κ2) is 5.11. The van der Waals surface area contributed by atoms with Gasteiger partial charge in [-0.05, 0) is 30.7 Å². The van der Waals surface area contributed by atoms with E-state index in [9.17, 15) is 8.42 Å². The van der Waals surface area contributed by atoms with E-state index in [0.717, 1.165) is 11.8 Å². The average molecular weight is 317 g/mol. The van der Waals surface area contributed by atoms with E-state index < -0.39 is 9.84 Å². The van der Waals surface area contributed by atoms with Gasteiger partial charge in [-0.25, -0.2) is 8.42 Å². The Morgan fingerprint density at radius 2 is 2.24 bits per heavy atom. The Kier molecular flexibility index (Phi) is 3.93. The molecule has 94 valence electrons.